The first-order valence-corrected chi connectivity index (χ1v) is 6.52. The van der Waals surface area contributed by atoms with Crippen molar-refractivity contribution >= 4 is 0 Å². The first-order chi connectivity index (χ1) is 7.84. The van der Waals surface area contributed by atoms with Gasteiger partial charge < -0.3 is 4.74 Å². The maximum atomic E-state index is 5.33. The van der Waals surface area contributed by atoms with E-state index in [1.165, 1.54) is 12.0 Å². The topological polar surface area (TPSA) is 12.5 Å². The van der Waals surface area contributed by atoms with Gasteiger partial charge in [0.2, 0.25) is 0 Å². The van der Waals surface area contributed by atoms with Crippen molar-refractivity contribution in [2.75, 3.05) is 32.8 Å². The summed E-state index contributed by atoms with van der Waals surface area (Å²) >= 11 is 0. The third kappa shape index (κ3) is 4.50. The average molecular weight is 223 g/mol. The van der Waals surface area contributed by atoms with Crippen LogP contribution in [0.15, 0.2) is 23.8 Å². The number of hydrogen-bond donors (Lipinski definition) is 0. The molecule has 0 aromatic rings. The molecule has 0 spiro atoms. The van der Waals surface area contributed by atoms with Crippen LogP contribution in [0, 0.1) is 5.92 Å². The second kappa shape index (κ2) is 7.64. The van der Waals surface area contributed by atoms with Crippen molar-refractivity contribution in [2.45, 2.75) is 27.2 Å². The highest BCUT2D eigenvalue weighted by molar-refractivity contribution is 5.24. The maximum absolute atomic E-state index is 5.33. The summed E-state index contributed by atoms with van der Waals surface area (Å²) in [6.45, 7) is 11.3. The highest BCUT2D eigenvalue weighted by Crippen LogP contribution is 2.16. The zero-order valence-electron chi connectivity index (χ0n) is 10.9. The lowest BCUT2D eigenvalue weighted by Gasteiger charge is -2.27. The van der Waals surface area contributed by atoms with Gasteiger partial charge in [0.05, 0.1) is 13.2 Å². The SMILES string of the molecule is CC.CC1C=CC(CN2CCOCC2)=CC1. The Kier molecular flexibility index (Phi) is 6.43. The average Bonchev–Trinajstić information content (AvgIpc) is 2.36. The number of morpholine rings is 1. The number of allylic oxidation sites excluding steroid dienone is 2. The van der Waals surface area contributed by atoms with E-state index in [-0.39, 0.29) is 0 Å². The van der Waals surface area contributed by atoms with Crippen molar-refractivity contribution in [1.29, 1.82) is 0 Å². The Morgan fingerprint density at radius 3 is 2.56 bits per heavy atom. The Morgan fingerprint density at radius 1 is 1.31 bits per heavy atom. The molecule has 92 valence electrons. The van der Waals surface area contributed by atoms with E-state index in [9.17, 15) is 0 Å². The van der Waals surface area contributed by atoms with Crippen molar-refractivity contribution in [3.8, 4) is 0 Å². The molecule has 16 heavy (non-hydrogen) atoms. The molecule has 2 rings (SSSR count). The molecule has 0 aromatic carbocycles. The van der Waals surface area contributed by atoms with Crippen LogP contribution in [0.25, 0.3) is 0 Å². The van der Waals surface area contributed by atoms with E-state index in [0.717, 1.165) is 38.8 Å². The third-order valence-corrected chi connectivity index (χ3v) is 2.90. The van der Waals surface area contributed by atoms with E-state index < -0.39 is 0 Å². The van der Waals surface area contributed by atoms with Gasteiger partial charge in [-0.15, -0.1) is 0 Å². The summed E-state index contributed by atoms with van der Waals surface area (Å²) in [4.78, 5) is 2.47. The van der Waals surface area contributed by atoms with E-state index in [4.69, 9.17) is 4.74 Å². The predicted octanol–water partition coefficient (Wildman–Crippen LogP) is 2.87. The quantitative estimate of drug-likeness (QED) is 0.714. The summed E-state index contributed by atoms with van der Waals surface area (Å²) in [5.74, 6) is 0.725. The summed E-state index contributed by atoms with van der Waals surface area (Å²) in [5, 5.41) is 0. The van der Waals surface area contributed by atoms with Gasteiger partial charge in [-0.3, -0.25) is 4.90 Å². The molecular weight excluding hydrogens is 198 g/mol. The Morgan fingerprint density at radius 2 is 2.00 bits per heavy atom. The van der Waals surface area contributed by atoms with Crippen LogP contribution < -0.4 is 0 Å². The van der Waals surface area contributed by atoms with Crippen LogP contribution in [-0.2, 0) is 4.74 Å². The molecule has 1 saturated heterocycles. The lowest BCUT2D eigenvalue weighted by atomic mass is 9.98. The van der Waals surface area contributed by atoms with Crippen molar-refractivity contribution in [3.05, 3.63) is 23.8 Å². The van der Waals surface area contributed by atoms with Crippen molar-refractivity contribution in [3.63, 3.8) is 0 Å². The zero-order valence-corrected chi connectivity index (χ0v) is 10.9. The monoisotopic (exact) mass is 223 g/mol. The largest absolute Gasteiger partial charge is 0.379 e. The second-order valence-corrected chi connectivity index (χ2v) is 4.24. The first kappa shape index (κ1) is 13.5. The fourth-order valence-corrected chi connectivity index (χ4v) is 1.91. The van der Waals surface area contributed by atoms with Gasteiger partial charge in [-0.2, -0.15) is 0 Å². The van der Waals surface area contributed by atoms with Gasteiger partial charge in [0.1, 0.15) is 0 Å². The van der Waals surface area contributed by atoms with E-state index >= 15 is 0 Å². The Balaban J connectivity index is 0.000000606. The molecule has 0 bridgehead atoms. The van der Waals surface area contributed by atoms with Gasteiger partial charge in [-0.1, -0.05) is 39.0 Å². The minimum atomic E-state index is 0.725. The Labute approximate surface area is 100.0 Å². The predicted molar refractivity (Wildman–Crippen MR) is 69.6 cm³/mol. The first-order valence-electron chi connectivity index (χ1n) is 6.52. The molecular formula is C14H25NO. The molecule has 1 aliphatic carbocycles. The van der Waals surface area contributed by atoms with Crippen molar-refractivity contribution < 1.29 is 4.74 Å². The van der Waals surface area contributed by atoms with Gasteiger partial charge >= 0.3 is 0 Å². The van der Waals surface area contributed by atoms with Gasteiger partial charge in [-0.05, 0) is 17.9 Å². The highest BCUT2D eigenvalue weighted by atomic mass is 16.5. The molecule has 2 aliphatic rings. The van der Waals surface area contributed by atoms with Crippen LogP contribution >= 0.6 is 0 Å². The lowest BCUT2D eigenvalue weighted by molar-refractivity contribution is 0.0425. The molecule has 0 N–H and O–H groups in total. The van der Waals surface area contributed by atoms with Gasteiger partial charge in [0.15, 0.2) is 0 Å². The molecule has 1 fully saturated rings. The van der Waals surface area contributed by atoms with Crippen molar-refractivity contribution in [1.82, 2.24) is 4.90 Å². The van der Waals surface area contributed by atoms with Crippen LogP contribution in [0.5, 0.6) is 0 Å². The molecule has 1 atom stereocenters. The summed E-state index contributed by atoms with van der Waals surface area (Å²) in [5.41, 5.74) is 1.48. The van der Waals surface area contributed by atoms with E-state index in [2.05, 4.69) is 30.1 Å². The van der Waals surface area contributed by atoms with Gasteiger partial charge in [0.25, 0.3) is 0 Å². The van der Waals surface area contributed by atoms with Crippen molar-refractivity contribution in [2.24, 2.45) is 5.92 Å². The van der Waals surface area contributed by atoms with Gasteiger partial charge in [0, 0.05) is 19.6 Å². The fourth-order valence-electron chi connectivity index (χ4n) is 1.91. The van der Waals surface area contributed by atoms with Crippen LogP contribution in [0.2, 0.25) is 0 Å². The normalized spacial score (nSPS) is 25.7. The number of rotatable bonds is 2. The summed E-state index contributed by atoms with van der Waals surface area (Å²) in [7, 11) is 0. The van der Waals surface area contributed by atoms with E-state index in [0.29, 0.717) is 0 Å². The van der Waals surface area contributed by atoms with Crippen LogP contribution in [0.4, 0.5) is 0 Å². The number of nitrogens with zero attached hydrogens (tertiary/aromatic N) is 1. The molecule has 1 heterocycles. The standard InChI is InChI=1S/C12H19NO.C2H6/c1-11-2-4-12(5-3-11)10-13-6-8-14-9-7-13;1-2/h2,4-5,11H,3,6-10H2,1H3;1-2H3. The lowest BCUT2D eigenvalue weighted by Crippen LogP contribution is -2.37. The van der Waals surface area contributed by atoms with E-state index in [1.807, 2.05) is 13.8 Å². The Bertz CT molecular complexity index is 239. The molecule has 1 unspecified atom stereocenters. The summed E-state index contributed by atoms with van der Waals surface area (Å²) in [6, 6.07) is 0. The fraction of sp³-hybridized carbons (Fsp3) is 0.714. The third-order valence-electron chi connectivity index (χ3n) is 2.90. The molecule has 0 amide bonds. The smallest absolute Gasteiger partial charge is 0.0594 e. The molecule has 0 saturated carbocycles. The zero-order chi connectivity index (χ0) is 11.8. The number of hydrogen-bond acceptors (Lipinski definition) is 2. The second-order valence-electron chi connectivity index (χ2n) is 4.24. The van der Waals surface area contributed by atoms with Gasteiger partial charge in [-0.25, -0.2) is 0 Å². The maximum Gasteiger partial charge on any atom is 0.0594 e. The molecule has 0 radical (unpaired) electrons. The van der Waals surface area contributed by atoms with Crippen LogP contribution in [0.3, 0.4) is 0 Å². The molecule has 1 aliphatic heterocycles. The van der Waals surface area contributed by atoms with Crippen LogP contribution in [0.1, 0.15) is 27.2 Å². The number of ether oxygens (including phenoxy) is 1. The minimum Gasteiger partial charge on any atom is -0.379 e. The summed E-state index contributed by atoms with van der Waals surface area (Å²) < 4.78 is 5.33. The summed E-state index contributed by atoms with van der Waals surface area (Å²) in [6.07, 6.45) is 8.18. The molecule has 0 aromatic heterocycles. The molecule has 2 nitrogen and oxygen atoms in total. The minimum absolute atomic E-state index is 0.725. The highest BCUT2D eigenvalue weighted by Gasteiger charge is 2.12. The van der Waals surface area contributed by atoms with Crippen LogP contribution in [-0.4, -0.2) is 37.7 Å². The molecule has 2 heteroatoms. The Hall–Kier alpha value is -0.600. The van der Waals surface area contributed by atoms with E-state index in [1.54, 1.807) is 0 Å².